The fourth-order valence-electron chi connectivity index (χ4n) is 2.68. The van der Waals surface area contributed by atoms with Crippen LogP contribution in [-0.4, -0.2) is 19.9 Å². The molecule has 0 amide bonds. The van der Waals surface area contributed by atoms with Crippen LogP contribution in [0.4, 0.5) is 4.79 Å². The van der Waals surface area contributed by atoms with Crippen LogP contribution in [0.15, 0.2) is 51.7 Å². The quantitative estimate of drug-likeness (QED) is 0.513. The second kappa shape index (κ2) is 7.31. The Morgan fingerprint density at radius 2 is 1.77 bits per heavy atom. The highest BCUT2D eigenvalue weighted by molar-refractivity contribution is 5.84. The normalized spacial score (nSPS) is 10.6. The van der Waals surface area contributed by atoms with E-state index in [-0.39, 0.29) is 17.8 Å². The first-order valence-corrected chi connectivity index (χ1v) is 8.10. The Hall–Kier alpha value is -3.28. The predicted octanol–water partition coefficient (Wildman–Crippen LogP) is 4.31. The number of rotatable bonds is 4. The zero-order valence-corrected chi connectivity index (χ0v) is 14.7. The van der Waals surface area contributed by atoms with E-state index in [1.807, 2.05) is 12.1 Å². The number of hydrogen-bond donors (Lipinski definition) is 0. The van der Waals surface area contributed by atoms with Crippen LogP contribution in [0, 0.1) is 6.92 Å². The van der Waals surface area contributed by atoms with Gasteiger partial charge >= 0.3 is 6.16 Å². The van der Waals surface area contributed by atoms with Gasteiger partial charge in [-0.25, -0.2) is 4.79 Å². The van der Waals surface area contributed by atoms with Crippen molar-refractivity contribution in [2.24, 2.45) is 0 Å². The summed E-state index contributed by atoms with van der Waals surface area (Å²) in [5.41, 5.74) is 1.41. The monoisotopic (exact) mass is 354 g/mol. The van der Waals surface area contributed by atoms with Crippen LogP contribution in [0.3, 0.4) is 0 Å². The van der Waals surface area contributed by atoms with Gasteiger partial charge in [-0.2, -0.15) is 0 Å². The fourth-order valence-corrected chi connectivity index (χ4v) is 2.68. The molecule has 6 nitrogen and oxygen atoms in total. The predicted molar refractivity (Wildman–Crippen MR) is 96.9 cm³/mol. The molecule has 0 aliphatic rings. The van der Waals surface area contributed by atoms with Gasteiger partial charge in [-0.15, -0.1) is 0 Å². The molecule has 134 valence electrons. The lowest BCUT2D eigenvalue weighted by Gasteiger charge is -2.09. The molecule has 0 fully saturated rings. The maximum absolute atomic E-state index is 12.9. The minimum absolute atomic E-state index is 0.156. The molecule has 26 heavy (non-hydrogen) atoms. The van der Waals surface area contributed by atoms with E-state index in [1.54, 1.807) is 39.2 Å². The zero-order valence-electron chi connectivity index (χ0n) is 14.7. The van der Waals surface area contributed by atoms with Gasteiger partial charge in [-0.1, -0.05) is 12.1 Å². The lowest BCUT2D eigenvalue weighted by atomic mass is 10.0. The van der Waals surface area contributed by atoms with E-state index in [9.17, 15) is 9.59 Å². The van der Waals surface area contributed by atoms with E-state index in [1.165, 1.54) is 12.1 Å². The standard InChI is InChI=1S/C20H18O6/c1-4-24-20(22)26-15-9-10-16-17(11-15)25-12(2)18(19(16)21)13-5-7-14(23-3)8-6-13/h5-11H,4H2,1-3H3. The number of ether oxygens (including phenoxy) is 3. The molecule has 0 aliphatic heterocycles. The molecular weight excluding hydrogens is 336 g/mol. The van der Waals surface area contributed by atoms with Gasteiger partial charge in [0.25, 0.3) is 0 Å². The second-order valence-corrected chi connectivity index (χ2v) is 5.53. The lowest BCUT2D eigenvalue weighted by molar-refractivity contribution is 0.104. The van der Waals surface area contributed by atoms with E-state index in [0.29, 0.717) is 28.0 Å². The van der Waals surface area contributed by atoms with Gasteiger partial charge in [-0.3, -0.25) is 4.79 Å². The third-order valence-corrected chi connectivity index (χ3v) is 3.88. The van der Waals surface area contributed by atoms with Crippen LogP contribution in [-0.2, 0) is 4.74 Å². The molecule has 0 bridgehead atoms. The molecule has 0 spiro atoms. The van der Waals surface area contributed by atoms with Gasteiger partial charge in [0.05, 0.1) is 24.7 Å². The summed E-state index contributed by atoms with van der Waals surface area (Å²) in [6.45, 7) is 3.62. The second-order valence-electron chi connectivity index (χ2n) is 5.53. The van der Waals surface area contributed by atoms with Crippen LogP contribution in [0.5, 0.6) is 11.5 Å². The SMILES string of the molecule is CCOC(=O)Oc1ccc2c(=O)c(-c3ccc(OC)cc3)c(C)oc2c1. The van der Waals surface area contributed by atoms with Crippen molar-refractivity contribution in [3.63, 3.8) is 0 Å². The topological polar surface area (TPSA) is 75.0 Å². The minimum atomic E-state index is -0.805. The number of aryl methyl sites for hydroxylation is 1. The third-order valence-electron chi connectivity index (χ3n) is 3.88. The maximum Gasteiger partial charge on any atom is 0.513 e. The first kappa shape index (κ1) is 17.5. The summed E-state index contributed by atoms with van der Waals surface area (Å²) in [7, 11) is 1.58. The van der Waals surface area contributed by atoms with Crippen molar-refractivity contribution in [1.29, 1.82) is 0 Å². The van der Waals surface area contributed by atoms with Gasteiger partial charge in [0.2, 0.25) is 5.43 Å². The summed E-state index contributed by atoms with van der Waals surface area (Å²) in [5, 5.41) is 0.401. The molecule has 1 heterocycles. The minimum Gasteiger partial charge on any atom is -0.497 e. The summed E-state index contributed by atoms with van der Waals surface area (Å²) < 4.78 is 20.7. The van der Waals surface area contributed by atoms with Crippen molar-refractivity contribution in [3.8, 4) is 22.6 Å². The number of methoxy groups -OCH3 is 1. The van der Waals surface area contributed by atoms with E-state index in [4.69, 9.17) is 18.6 Å². The van der Waals surface area contributed by atoms with Crippen molar-refractivity contribution in [3.05, 3.63) is 58.4 Å². The summed E-state index contributed by atoms with van der Waals surface area (Å²) in [6.07, 6.45) is -0.805. The van der Waals surface area contributed by atoms with E-state index in [2.05, 4.69) is 0 Å². The molecule has 0 atom stereocenters. The van der Waals surface area contributed by atoms with Crippen molar-refractivity contribution in [1.82, 2.24) is 0 Å². The first-order chi connectivity index (χ1) is 12.5. The van der Waals surface area contributed by atoms with Crippen LogP contribution in [0.1, 0.15) is 12.7 Å². The number of fused-ring (bicyclic) bond motifs is 1. The van der Waals surface area contributed by atoms with Crippen molar-refractivity contribution < 1.29 is 23.4 Å². The number of benzene rings is 2. The molecular formula is C20H18O6. The Morgan fingerprint density at radius 3 is 2.42 bits per heavy atom. The average Bonchev–Trinajstić information content (AvgIpc) is 2.62. The summed E-state index contributed by atoms with van der Waals surface area (Å²) in [4.78, 5) is 24.3. The number of carbonyl (C=O) groups excluding carboxylic acids is 1. The van der Waals surface area contributed by atoms with Crippen LogP contribution in [0.2, 0.25) is 0 Å². The molecule has 0 N–H and O–H groups in total. The van der Waals surface area contributed by atoms with E-state index >= 15 is 0 Å². The van der Waals surface area contributed by atoms with E-state index < -0.39 is 6.16 Å². The van der Waals surface area contributed by atoms with Crippen LogP contribution in [0.25, 0.3) is 22.1 Å². The third kappa shape index (κ3) is 3.39. The van der Waals surface area contributed by atoms with Gasteiger partial charge in [0.1, 0.15) is 22.8 Å². The molecule has 0 radical (unpaired) electrons. The maximum atomic E-state index is 12.9. The highest BCUT2D eigenvalue weighted by Gasteiger charge is 2.15. The Labute approximate surface area is 149 Å². The molecule has 1 aromatic heterocycles. The molecule has 0 saturated heterocycles. The molecule has 0 aliphatic carbocycles. The van der Waals surface area contributed by atoms with Gasteiger partial charge in [-0.05, 0) is 43.7 Å². The first-order valence-electron chi connectivity index (χ1n) is 8.10. The molecule has 3 rings (SSSR count). The molecule has 6 heteroatoms. The summed E-state index contributed by atoms with van der Waals surface area (Å²) >= 11 is 0. The average molecular weight is 354 g/mol. The smallest absolute Gasteiger partial charge is 0.497 e. The summed E-state index contributed by atoms with van der Waals surface area (Å²) in [6, 6.07) is 11.8. The number of hydrogen-bond acceptors (Lipinski definition) is 6. The lowest BCUT2D eigenvalue weighted by Crippen LogP contribution is -2.11. The van der Waals surface area contributed by atoms with Gasteiger partial charge in [0, 0.05) is 6.07 Å². The van der Waals surface area contributed by atoms with Crippen LogP contribution >= 0.6 is 0 Å². The Kier molecular flexibility index (Phi) is 4.93. The molecule has 3 aromatic rings. The zero-order chi connectivity index (χ0) is 18.7. The highest BCUT2D eigenvalue weighted by Crippen LogP contribution is 2.27. The molecule has 0 unspecified atom stereocenters. The summed E-state index contributed by atoms with van der Waals surface area (Å²) in [5.74, 6) is 1.42. The molecule has 2 aromatic carbocycles. The van der Waals surface area contributed by atoms with Crippen molar-refractivity contribution in [2.45, 2.75) is 13.8 Å². The number of carbonyl (C=O) groups is 1. The Bertz CT molecular complexity index is 1000. The van der Waals surface area contributed by atoms with Crippen LogP contribution < -0.4 is 14.9 Å². The van der Waals surface area contributed by atoms with Crippen molar-refractivity contribution in [2.75, 3.05) is 13.7 Å². The fraction of sp³-hybridized carbons (Fsp3) is 0.200. The van der Waals surface area contributed by atoms with Gasteiger partial charge < -0.3 is 18.6 Å². The van der Waals surface area contributed by atoms with Gasteiger partial charge in [0.15, 0.2) is 0 Å². The Morgan fingerprint density at radius 1 is 1.08 bits per heavy atom. The highest BCUT2D eigenvalue weighted by atomic mass is 16.7. The largest absolute Gasteiger partial charge is 0.513 e. The van der Waals surface area contributed by atoms with Crippen molar-refractivity contribution >= 4 is 17.1 Å². The molecule has 0 saturated carbocycles. The Balaban J connectivity index is 2.05. The van der Waals surface area contributed by atoms with E-state index in [0.717, 1.165) is 5.56 Å².